The largest absolute Gasteiger partial charge is 0.467 e. The van der Waals surface area contributed by atoms with Crippen LogP contribution in [0.15, 0.2) is 36.7 Å². The fourth-order valence-corrected chi connectivity index (χ4v) is 4.60. The molecule has 0 radical (unpaired) electrons. The van der Waals surface area contributed by atoms with Crippen molar-refractivity contribution in [3.8, 4) is 11.9 Å². The van der Waals surface area contributed by atoms with E-state index in [1.165, 1.54) is 16.8 Å². The first-order valence-electron chi connectivity index (χ1n) is 8.88. The fraction of sp³-hybridized carbons (Fsp3) is 0.300. The zero-order chi connectivity index (χ0) is 18.6. The molecule has 0 aliphatic heterocycles. The van der Waals surface area contributed by atoms with Crippen LogP contribution in [0.3, 0.4) is 0 Å². The number of hydrogen-bond donors (Lipinski definition) is 0. The van der Waals surface area contributed by atoms with Crippen LogP contribution in [-0.2, 0) is 17.6 Å². The van der Waals surface area contributed by atoms with Crippen molar-refractivity contribution in [3.63, 3.8) is 0 Å². The molecule has 1 aromatic carbocycles. The first kappa shape index (κ1) is 17.4. The average Bonchev–Trinajstić information content (AvgIpc) is 3.28. The highest BCUT2D eigenvalue weighted by Gasteiger charge is 2.23. The lowest BCUT2D eigenvalue weighted by atomic mass is 10.2. The third kappa shape index (κ3) is 3.49. The van der Waals surface area contributed by atoms with Gasteiger partial charge in [-0.3, -0.25) is 4.79 Å². The molecule has 2 heterocycles. The Bertz CT molecular complexity index is 1010. The highest BCUT2D eigenvalue weighted by molar-refractivity contribution is 7.18. The van der Waals surface area contributed by atoms with Crippen LogP contribution in [0.1, 0.15) is 23.3 Å². The number of nitriles is 1. The van der Waals surface area contributed by atoms with Crippen LogP contribution in [0, 0.1) is 11.3 Å². The van der Waals surface area contributed by atoms with Crippen molar-refractivity contribution in [2.24, 2.45) is 0 Å². The minimum Gasteiger partial charge on any atom is -0.467 e. The van der Waals surface area contributed by atoms with E-state index >= 15 is 0 Å². The minimum absolute atomic E-state index is 0.128. The maximum Gasteiger partial charge on any atom is 0.265 e. The molecule has 0 bridgehead atoms. The minimum atomic E-state index is -0.199. The van der Waals surface area contributed by atoms with Gasteiger partial charge in [-0.15, -0.1) is 11.3 Å². The summed E-state index contributed by atoms with van der Waals surface area (Å²) in [5, 5.41) is 9.85. The number of thiophene rings is 1. The van der Waals surface area contributed by atoms with E-state index in [9.17, 15) is 4.79 Å². The number of ether oxygens (including phenoxy) is 1. The molecule has 0 spiro atoms. The van der Waals surface area contributed by atoms with Gasteiger partial charge in [0.25, 0.3) is 5.91 Å². The predicted octanol–water partition coefficient (Wildman–Crippen LogP) is 3.51. The standard InChI is InChI=1S/C20H18N4O2S/c21-10-5-11-24(14-6-2-1-3-7-14)17(25)12-26-19-18-15-8-4-9-16(15)27-20(18)23-13-22-19/h1-3,6-7,13H,4-5,8-9,11-12H2. The van der Waals surface area contributed by atoms with Crippen molar-refractivity contribution < 1.29 is 9.53 Å². The summed E-state index contributed by atoms with van der Waals surface area (Å²) in [6.45, 7) is 0.201. The van der Waals surface area contributed by atoms with Gasteiger partial charge in [-0.1, -0.05) is 18.2 Å². The molecule has 27 heavy (non-hydrogen) atoms. The molecular weight excluding hydrogens is 360 g/mol. The molecule has 6 nitrogen and oxygen atoms in total. The normalized spacial score (nSPS) is 12.6. The van der Waals surface area contributed by atoms with E-state index in [-0.39, 0.29) is 18.9 Å². The number of aryl methyl sites for hydroxylation is 2. The molecule has 4 rings (SSSR count). The van der Waals surface area contributed by atoms with Crippen LogP contribution in [-0.4, -0.2) is 29.0 Å². The van der Waals surface area contributed by atoms with E-state index in [1.54, 1.807) is 16.2 Å². The molecule has 3 aromatic rings. The Morgan fingerprint density at radius 2 is 2.11 bits per heavy atom. The van der Waals surface area contributed by atoms with Crippen LogP contribution in [0.25, 0.3) is 10.2 Å². The Balaban J connectivity index is 1.54. The molecule has 0 unspecified atom stereocenters. The second-order valence-electron chi connectivity index (χ2n) is 6.29. The number of para-hydroxylation sites is 1. The van der Waals surface area contributed by atoms with Gasteiger partial charge in [-0.25, -0.2) is 9.97 Å². The highest BCUT2D eigenvalue weighted by atomic mass is 32.1. The maximum atomic E-state index is 12.8. The number of rotatable bonds is 6. The summed E-state index contributed by atoms with van der Waals surface area (Å²) < 4.78 is 5.83. The fourth-order valence-electron chi connectivity index (χ4n) is 3.38. The zero-order valence-electron chi connectivity index (χ0n) is 14.7. The average molecular weight is 378 g/mol. The first-order valence-corrected chi connectivity index (χ1v) is 9.70. The molecule has 0 saturated carbocycles. The molecule has 1 aliphatic carbocycles. The third-order valence-corrected chi connectivity index (χ3v) is 5.81. The van der Waals surface area contributed by atoms with Gasteiger partial charge in [-0.05, 0) is 37.0 Å². The number of fused-ring (bicyclic) bond motifs is 3. The number of carbonyl (C=O) groups excluding carboxylic acids is 1. The number of nitrogens with zero attached hydrogens (tertiary/aromatic N) is 4. The van der Waals surface area contributed by atoms with E-state index < -0.39 is 0 Å². The monoisotopic (exact) mass is 378 g/mol. The lowest BCUT2D eigenvalue weighted by molar-refractivity contribution is -0.120. The van der Waals surface area contributed by atoms with Crippen LogP contribution >= 0.6 is 11.3 Å². The van der Waals surface area contributed by atoms with Crippen LogP contribution in [0.4, 0.5) is 5.69 Å². The molecule has 0 fully saturated rings. The first-order chi connectivity index (χ1) is 13.3. The number of anilines is 1. The smallest absolute Gasteiger partial charge is 0.265 e. The van der Waals surface area contributed by atoms with Gasteiger partial charge in [0.05, 0.1) is 17.9 Å². The van der Waals surface area contributed by atoms with Gasteiger partial charge in [0.15, 0.2) is 6.61 Å². The molecule has 0 N–H and O–H groups in total. The topological polar surface area (TPSA) is 79.1 Å². The summed E-state index contributed by atoms with van der Waals surface area (Å²) in [5.41, 5.74) is 2.02. The molecule has 1 aliphatic rings. The molecule has 7 heteroatoms. The number of amides is 1. The maximum absolute atomic E-state index is 12.8. The Labute approximate surface area is 161 Å². The lowest BCUT2D eigenvalue weighted by Gasteiger charge is -2.21. The van der Waals surface area contributed by atoms with Crippen LogP contribution < -0.4 is 9.64 Å². The van der Waals surface area contributed by atoms with E-state index in [2.05, 4.69) is 16.0 Å². The van der Waals surface area contributed by atoms with Gasteiger partial charge >= 0.3 is 0 Å². The number of aromatic nitrogens is 2. The van der Waals surface area contributed by atoms with Crippen molar-refractivity contribution in [1.29, 1.82) is 5.26 Å². The summed E-state index contributed by atoms with van der Waals surface area (Å²) in [7, 11) is 0. The SMILES string of the molecule is N#CCCN(C(=O)COc1ncnc2sc3c(c12)CCC3)c1ccccc1. The summed E-state index contributed by atoms with van der Waals surface area (Å²) in [6.07, 6.45) is 4.96. The highest BCUT2D eigenvalue weighted by Crippen LogP contribution is 2.39. The van der Waals surface area contributed by atoms with Gasteiger partial charge in [0.2, 0.25) is 5.88 Å². The van der Waals surface area contributed by atoms with E-state index in [0.29, 0.717) is 12.4 Å². The lowest BCUT2D eigenvalue weighted by Crippen LogP contribution is -2.35. The van der Waals surface area contributed by atoms with Gasteiger partial charge in [0, 0.05) is 17.1 Å². The molecule has 2 aromatic heterocycles. The summed E-state index contributed by atoms with van der Waals surface area (Å²) in [6, 6.07) is 11.4. The third-order valence-electron chi connectivity index (χ3n) is 4.62. The van der Waals surface area contributed by atoms with Crippen molar-refractivity contribution in [2.45, 2.75) is 25.7 Å². The van der Waals surface area contributed by atoms with Crippen molar-refractivity contribution >= 4 is 33.1 Å². The predicted molar refractivity (Wildman–Crippen MR) is 104 cm³/mol. The van der Waals surface area contributed by atoms with E-state index in [1.807, 2.05) is 30.3 Å². The number of carbonyl (C=O) groups is 1. The molecular formula is C20H18N4O2S. The Morgan fingerprint density at radius 3 is 2.93 bits per heavy atom. The Hall–Kier alpha value is -2.98. The summed E-state index contributed by atoms with van der Waals surface area (Å²) in [5.74, 6) is 0.274. The Morgan fingerprint density at radius 1 is 1.26 bits per heavy atom. The number of benzene rings is 1. The zero-order valence-corrected chi connectivity index (χ0v) is 15.5. The van der Waals surface area contributed by atoms with Crippen molar-refractivity contribution in [2.75, 3.05) is 18.1 Å². The second-order valence-corrected chi connectivity index (χ2v) is 7.38. The van der Waals surface area contributed by atoms with Crippen LogP contribution in [0.5, 0.6) is 5.88 Å². The van der Waals surface area contributed by atoms with Gasteiger partial charge in [-0.2, -0.15) is 5.26 Å². The van der Waals surface area contributed by atoms with E-state index in [0.717, 1.165) is 35.2 Å². The molecule has 1 amide bonds. The van der Waals surface area contributed by atoms with Crippen molar-refractivity contribution in [1.82, 2.24) is 9.97 Å². The van der Waals surface area contributed by atoms with E-state index in [4.69, 9.17) is 10.00 Å². The van der Waals surface area contributed by atoms with Crippen molar-refractivity contribution in [3.05, 3.63) is 47.1 Å². The van der Waals surface area contributed by atoms with Gasteiger partial charge in [0.1, 0.15) is 11.2 Å². The van der Waals surface area contributed by atoms with Gasteiger partial charge < -0.3 is 9.64 Å². The molecule has 136 valence electrons. The molecule has 0 saturated heterocycles. The summed E-state index contributed by atoms with van der Waals surface area (Å²) in [4.78, 5) is 25.3. The van der Waals surface area contributed by atoms with Crippen LogP contribution in [0.2, 0.25) is 0 Å². The summed E-state index contributed by atoms with van der Waals surface area (Å²) >= 11 is 1.69. The quantitative estimate of drug-likeness (QED) is 0.656. The Kier molecular flexibility index (Phi) is 4.99. The second kappa shape index (κ2) is 7.72. The number of hydrogen-bond acceptors (Lipinski definition) is 6. The molecule has 0 atom stereocenters.